The van der Waals surface area contributed by atoms with E-state index in [0.29, 0.717) is 53.1 Å². The average molecular weight is 499 g/mol. The van der Waals surface area contributed by atoms with E-state index in [1.807, 2.05) is 11.9 Å². The van der Waals surface area contributed by atoms with E-state index >= 15 is 0 Å². The molecule has 0 aliphatic carbocycles. The maximum Gasteiger partial charge on any atom is 0.417 e. The molecule has 0 bridgehead atoms. The Morgan fingerprint density at radius 3 is 2.72 bits per heavy atom. The number of halogens is 3. The Labute approximate surface area is 204 Å². The molecule has 188 valence electrons. The van der Waals surface area contributed by atoms with Crippen LogP contribution in [0.3, 0.4) is 0 Å². The molecule has 0 unspecified atom stereocenters. The fourth-order valence-electron chi connectivity index (χ4n) is 4.40. The minimum atomic E-state index is -4.49. The van der Waals surface area contributed by atoms with Gasteiger partial charge >= 0.3 is 6.18 Å². The van der Waals surface area contributed by atoms with Gasteiger partial charge in [-0.2, -0.15) is 18.3 Å². The molecule has 0 radical (unpaired) electrons. The number of aromatic nitrogens is 4. The number of carbonyl (C=O) groups excluding carboxylic acids is 1. The van der Waals surface area contributed by atoms with Crippen LogP contribution in [0.5, 0.6) is 0 Å². The molecule has 3 aromatic heterocycles. The van der Waals surface area contributed by atoms with Crippen LogP contribution in [0, 0.1) is 0 Å². The van der Waals surface area contributed by atoms with Gasteiger partial charge in [0.05, 0.1) is 53.1 Å². The van der Waals surface area contributed by atoms with Gasteiger partial charge in [0.25, 0.3) is 5.91 Å². The van der Waals surface area contributed by atoms with Crippen molar-refractivity contribution in [3.8, 4) is 0 Å². The maximum atomic E-state index is 13.8. The first kappa shape index (κ1) is 23.9. The van der Waals surface area contributed by atoms with Crippen LogP contribution in [0.4, 0.5) is 19.0 Å². The number of morpholine rings is 1. The molecule has 5 rings (SSSR count). The number of carbonyl (C=O) groups is 1. The van der Waals surface area contributed by atoms with Crippen LogP contribution in [0.25, 0.3) is 21.8 Å². The third kappa shape index (κ3) is 4.44. The van der Waals surface area contributed by atoms with Crippen molar-refractivity contribution in [2.45, 2.75) is 25.7 Å². The van der Waals surface area contributed by atoms with Gasteiger partial charge in [-0.3, -0.25) is 19.5 Å². The maximum absolute atomic E-state index is 13.8. The molecule has 1 amide bonds. The molecule has 9 nitrogen and oxygen atoms in total. The topological polar surface area (TPSA) is 102 Å². The fraction of sp³-hybridized carbons (Fsp3) is 0.333. The van der Waals surface area contributed by atoms with Gasteiger partial charge in [0.2, 0.25) is 0 Å². The van der Waals surface area contributed by atoms with Crippen molar-refractivity contribution >= 4 is 33.5 Å². The second-order valence-electron chi connectivity index (χ2n) is 8.75. The lowest BCUT2D eigenvalue weighted by atomic mass is 10.1. The second-order valence-corrected chi connectivity index (χ2v) is 8.75. The largest absolute Gasteiger partial charge is 0.417 e. The van der Waals surface area contributed by atoms with E-state index in [0.717, 1.165) is 17.8 Å². The van der Waals surface area contributed by atoms with Crippen molar-refractivity contribution in [3.63, 3.8) is 0 Å². The van der Waals surface area contributed by atoms with Crippen molar-refractivity contribution in [2.75, 3.05) is 25.4 Å². The Bertz CT molecular complexity index is 1440. The first-order valence-corrected chi connectivity index (χ1v) is 11.3. The number of rotatable bonds is 4. The summed E-state index contributed by atoms with van der Waals surface area (Å²) in [6.45, 7) is 3.22. The van der Waals surface area contributed by atoms with Crippen LogP contribution in [0.15, 0.2) is 42.7 Å². The van der Waals surface area contributed by atoms with E-state index < -0.39 is 11.7 Å². The number of anilines is 1. The lowest BCUT2D eigenvalue weighted by Crippen LogP contribution is -2.53. The fourth-order valence-corrected chi connectivity index (χ4v) is 4.40. The molecule has 1 atom stereocenters. The Hall–Kier alpha value is -3.77. The molecule has 1 fully saturated rings. The Kier molecular flexibility index (Phi) is 6.00. The molecular weight excluding hydrogens is 475 g/mol. The van der Waals surface area contributed by atoms with E-state index in [1.54, 1.807) is 36.1 Å². The third-order valence-electron chi connectivity index (χ3n) is 6.21. The number of nitrogens with zero attached hydrogens (tertiary/aromatic N) is 6. The molecule has 12 heteroatoms. The number of hydrazine groups is 1. The number of hydrogen-bond donors (Lipinski definition) is 1. The molecule has 2 N–H and O–H groups in total. The number of pyridine rings is 2. The predicted molar refractivity (Wildman–Crippen MR) is 127 cm³/mol. The van der Waals surface area contributed by atoms with Crippen LogP contribution in [0.2, 0.25) is 0 Å². The van der Waals surface area contributed by atoms with Gasteiger partial charge in [-0.15, -0.1) is 0 Å². The highest BCUT2D eigenvalue weighted by Crippen LogP contribution is 2.30. The summed E-state index contributed by atoms with van der Waals surface area (Å²) < 4.78 is 46.3. The van der Waals surface area contributed by atoms with E-state index in [1.165, 1.54) is 11.1 Å². The molecule has 0 saturated carbocycles. The molecule has 1 aliphatic rings. The lowest BCUT2D eigenvalue weighted by Gasteiger charge is -2.39. The summed E-state index contributed by atoms with van der Waals surface area (Å²) in [5, 5.41) is 9.03. The Balaban J connectivity index is 1.53. The molecule has 1 saturated heterocycles. The highest BCUT2D eigenvalue weighted by atomic mass is 19.4. The molecule has 0 spiro atoms. The Morgan fingerprint density at radius 1 is 1.22 bits per heavy atom. The van der Waals surface area contributed by atoms with Gasteiger partial charge in [0, 0.05) is 37.3 Å². The predicted octanol–water partition coefficient (Wildman–Crippen LogP) is 3.40. The minimum absolute atomic E-state index is 0.00281. The number of amides is 1. The number of nitrogen functional groups attached to an aromatic ring is 1. The Morgan fingerprint density at radius 2 is 2.03 bits per heavy atom. The zero-order valence-electron chi connectivity index (χ0n) is 19.7. The number of nitrogens with two attached hydrogens (primary N) is 1. The molecule has 1 aliphatic heterocycles. The van der Waals surface area contributed by atoms with Gasteiger partial charge in [-0.05, 0) is 37.3 Å². The number of alkyl halides is 3. The van der Waals surface area contributed by atoms with E-state index in [4.69, 9.17) is 10.5 Å². The monoisotopic (exact) mass is 499 g/mol. The normalized spacial score (nSPS) is 17.1. The van der Waals surface area contributed by atoms with E-state index in [2.05, 4.69) is 15.1 Å². The standard InChI is InChI=1S/C24H24F3N7O2/c1-14-12-33(7-8-36-14)34(13-17-5-4-16(10-29-17)24(25,26)27)23(35)15-3-6-20-18(9-15)21-19(22(28)31-20)11-30-32(21)2/h3-6,9-11,14H,7-8,12-13H2,1-2H3,(H2,28,31)/t14-/m0/s1. The van der Waals surface area contributed by atoms with E-state index in [9.17, 15) is 18.0 Å². The molecule has 4 heterocycles. The third-order valence-corrected chi connectivity index (χ3v) is 6.21. The molecule has 1 aromatic carbocycles. The quantitative estimate of drug-likeness (QED) is 0.459. The number of aryl methyl sites for hydroxylation is 1. The highest BCUT2D eigenvalue weighted by Gasteiger charge is 2.32. The summed E-state index contributed by atoms with van der Waals surface area (Å²) in [7, 11) is 1.79. The van der Waals surface area contributed by atoms with Gasteiger partial charge in [-0.25, -0.2) is 9.99 Å². The van der Waals surface area contributed by atoms with Crippen molar-refractivity contribution < 1.29 is 22.7 Å². The van der Waals surface area contributed by atoms with Crippen molar-refractivity contribution in [1.29, 1.82) is 0 Å². The number of ether oxygens (including phenoxy) is 1. The van der Waals surface area contributed by atoms with Crippen molar-refractivity contribution in [3.05, 3.63) is 59.5 Å². The number of hydrogen-bond acceptors (Lipinski definition) is 7. The summed E-state index contributed by atoms with van der Waals surface area (Å²) in [4.78, 5) is 22.2. The first-order valence-electron chi connectivity index (χ1n) is 11.3. The lowest BCUT2D eigenvalue weighted by molar-refractivity contribution is -0.137. The van der Waals surface area contributed by atoms with Crippen molar-refractivity contribution in [2.24, 2.45) is 7.05 Å². The first-order chi connectivity index (χ1) is 17.1. The number of fused-ring (bicyclic) bond motifs is 3. The summed E-state index contributed by atoms with van der Waals surface area (Å²) in [6, 6.07) is 7.39. The summed E-state index contributed by atoms with van der Waals surface area (Å²) in [6.07, 6.45) is -2.19. The van der Waals surface area contributed by atoms with Crippen LogP contribution in [0.1, 0.15) is 28.5 Å². The zero-order chi connectivity index (χ0) is 25.6. The van der Waals surface area contributed by atoms with Gasteiger partial charge < -0.3 is 10.5 Å². The average Bonchev–Trinajstić information content (AvgIpc) is 3.24. The summed E-state index contributed by atoms with van der Waals surface area (Å²) in [5.41, 5.74) is 7.34. The summed E-state index contributed by atoms with van der Waals surface area (Å²) in [5.74, 6) is 0.0295. The zero-order valence-corrected chi connectivity index (χ0v) is 19.7. The second kappa shape index (κ2) is 9.03. The summed E-state index contributed by atoms with van der Waals surface area (Å²) >= 11 is 0. The van der Waals surface area contributed by atoms with Gasteiger partial charge in [0.1, 0.15) is 5.82 Å². The van der Waals surface area contributed by atoms with Crippen molar-refractivity contribution in [1.82, 2.24) is 29.8 Å². The highest BCUT2D eigenvalue weighted by molar-refractivity contribution is 6.10. The minimum Gasteiger partial charge on any atom is -0.383 e. The smallest absolute Gasteiger partial charge is 0.383 e. The molecule has 36 heavy (non-hydrogen) atoms. The van der Waals surface area contributed by atoms with Crippen LogP contribution >= 0.6 is 0 Å². The molecular formula is C24H24F3N7O2. The van der Waals surface area contributed by atoms with Crippen LogP contribution in [-0.4, -0.2) is 61.5 Å². The molecule has 4 aromatic rings. The van der Waals surface area contributed by atoms with Gasteiger partial charge in [-0.1, -0.05) is 0 Å². The van der Waals surface area contributed by atoms with Gasteiger partial charge in [0.15, 0.2) is 0 Å². The van der Waals surface area contributed by atoms with Crippen LogP contribution in [-0.2, 0) is 24.5 Å². The van der Waals surface area contributed by atoms with E-state index in [-0.39, 0.29) is 18.6 Å². The van der Waals surface area contributed by atoms with Crippen LogP contribution < -0.4 is 5.73 Å². The number of benzene rings is 1. The SMILES string of the molecule is C[C@H]1CN(N(Cc2ccc(C(F)(F)F)cn2)C(=O)c2ccc3nc(N)c4cnn(C)c4c3c2)CCO1.